The number of esters is 1. The van der Waals surface area contributed by atoms with E-state index >= 15 is 0 Å². The lowest BCUT2D eigenvalue weighted by Gasteiger charge is -2.16. The molecule has 0 saturated carbocycles. The van der Waals surface area contributed by atoms with Gasteiger partial charge in [-0.05, 0) is 31.5 Å². The number of anilines is 1. The number of benzene rings is 2. The van der Waals surface area contributed by atoms with Crippen molar-refractivity contribution in [3.8, 4) is 11.5 Å². The summed E-state index contributed by atoms with van der Waals surface area (Å²) < 4.78 is 17.1. The Morgan fingerprint density at radius 1 is 1.03 bits per heavy atom. The Labute approximate surface area is 197 Å². The SMILES string of the molecule is CCCCCn1nc(C(=O)OC(C)C(=O)Nc2ccc(OC)c(OC)c2)c2ccccc2c1=O. The maximum Gasteiger partial charge on any atom is 0.360 e. The lowest BCUT2D eigenvalue weighted by Crippen LogP contribution is -2.32. The molecular formula is C25H29N3O6. The summed E-state index contributed by atoms with van der Waals surface area (Å²) in [4.78, 5) is 38.4. The number of rotatable bonds is 10. The molecule has 1 unspecified atom stereocenters. The van der Waals surface area contributed by atoms with E-state index in [1.54, 1.807) is 42.5 Å². The molecule has 1 heterocycles. The van der Waals surface area contributed by atoms with Gasteiger partial charge < -0.3 is 19.5 Å². The summed E-state index contributed by atoms with van der Waals surface area (Å²) in [7, 11) is 3.01. The summed E-state index contributed by atoms with van der Waals surface area (Å²) in [5, 5.41) is 7.73. The van der Waals surface area contributed by atoms with Crippen molar-refractivity contribution < 1.29 is 23.8 Å². The topological polar surface area (TPSA) is 109 Å². The molecule has 3 aromatic rings. The highest BCUT2D eigenvalue weighted by Gasteiger charge is 2.23. The molecule has 3 rings (SSSR count). The molecule has 0 radical (unpaired) electrons. The van der Waals surface area contributed by atoms with Gasteiger partial charge in [0.05, 0.1) is 19.6 Å². The van der Waals surface area contributed by atoms with Gasteiger partial charge in [-0.1, -0.05) is 38.0 Å². The zero-order valence-electron chi connectivity index (χ0n) is 19.8. The van der Waals surface area contributed by atoms with Crippen LogP contribution in [0.4, 0.5) is 5.69 Å². The number of ether oxygens (including phenoxy) is 3. The highest BCUT2D eigenvalue weighted by Crippen LogP contribution is 2.29. The average Bonchev–Trinajstić information content (AvgIpc) is 2.85. The van der Waals surface area contributed by atoms with Gasteiger partial charge in [-0.25, -0.2) is 9.48 Å². The number of unbranched alkanes of at least 4 members (excludes halogenated alkanes) is 2. The van der Waals surface area contributed by atoms with Crippen LogP contribution in [-0.2, 0) is 16.1 Å². The standard InChI is InChI=1S/C25H29N3O6/c1-5-6-9-14-28-24(30)19-11-8-7-10-18(19)22(27-28)25(31)34-16(2)23(29)26-17-12-13-20(32-3)21(15-17)33-4/h7-8,10-13,15-16H,5-6,9,14H2,1-4H3,(H,26,29). The van der Waals surface area contributed by atoms with E-state index in [9.17, 15) is 14.4 Å². The fraction of sp³-hybridized carbons (Fsp3) is 0.360. The quantitative estimate of drug-likeness (QED) is 0.357. The first-order chi connectivity index (χ1) is 16.4. The van der Waals surface area contributed by atoms with Gasteiger partial charge in [-0.3, -0.25) is 9.59 Å². The van der Waals surface area contributed by atoms with Gasteiger partial charge in [0, 0.05) is 23.7 Å². The van der Waals surface area contributed by atoms with E-state index in [-0.39, 0.29) is 11.3 Å². The monoisotopic (exact) mass is 467 g/mol. The smallest absolute Gasteiger partial charge is 0.360 e. The molecule has 1 N–H and O–H groups in total. The van der Waals surface area contributed by atoms with E-state index < -0.39 is 18.0 Å². The van der Waals surface area contributed by atoms with E-state index in [1.165, 1.54) is 25.8 Å². The molecule has 9 nitrogen and oxygen atoms in total. The molecule has 9 heteroatoms. The maximum absolute atomic E-state index is 13.0. The third kappa shape index (κ3) is 5.54. The molecule has 1 amide bonds. The van der Waals surface area contributed by atoms with Crippen LogP contribution in [-0.4, -0.2) is 42.0 Å². The molecule has 0 bridgehead atoms. The van der Waals surface area contributed by atoms with Crippen molar-refractivity contribution in [1.82, 2.24) is 9.78 Å². The minimum absolute atomic E-state index is 0.00235. The van der Waals surface area contributed by atoms with Gasteiger partial charge in [0.15, 0.2) is 23.3 Å². The van der Waals surface area contributed by atoms with Gasteiger partial charge in [-0.15, -0.1) is 0 Å². The average molecular weight is 468 g/mol. The number of amides is 1. The number of hydrogen-bond acceptors (Lipinski definition) is 7. The summed E-state index contributed by atoms with van der Waals surface area (Å²) in [5.41, 5.74) is 0.193. The minimum Gasteiger partial charge on any atom is -0.493 e. The molecule has 0 aliphatic rings. The van der Waals surface area contributed by atoms with Crippen molar-refractivity contribution in [2.45, 2.75) is 45.8 Å². The molecule has 2 aromatic carbocycles. The van der Waals surface area contributed by atoms with Crippen LogP contribution in [0, 0.1) is 0 Å². The Morgan fingerprint density at radius 2 is 1.74 bits per heavy atom. The molecular weight excluding hydrogens is 438 g/mol. The first-order valence-corrected chi connectivity index (χ1v) is 11.1. The van der Waals surface area contributed by atoms with E-state index in [0.717, 1.165) is 19.3 Å². The molecule has 0 spiro atoms. The molecule has 0 fully saturated rings. The maximum atomic E-state index is 13.0. The highest BCUT2D eigenvalue weighted by atomic mass is 16.5. The third-order valence-electron chi connectivity index (χ3n) is 5.34. The van der Waals surface area contributed by atoms with E-state index in [0.29, 0.717) is 34.5 Å². The van der Waals surface area contributed by atoms with Crippen LogP contribution in [0.5, 0.6) is 11.5 Å². The molecule has 0 aliphatic carbocycles. The Hall–Kier alpha value is -3.88. The second-order valence-electron chi connectivity index (χ2n) is 7.74. The number of fused-ring (bicyclic) bond motifs is 1. The number of aryl methyl sites for hydroxylation is 1. The number of nitrogens with one attached hydrogen (secondary N) is 1. The van der Waals surface area contributed by atoms with Crippen LogP contribution in [0.15, 0.2) is 47.3 Å². The molecule has 180 valence electrons. The van der Waals surface area contributed by atoms with Crippen LogP contribution in [0.25, 0.3) is 10.8 Å². The van der Waals surface area contributed by atoms with E-state index in [4.69, 9.17) is 14.2 Å². The van der Waals surface area contributed by atoms with Crippen molar-refractivity contribution in [3.05, 3.63) is 58.5 Å². The molecule has 34 heavy (non-hydrogen) atoms. The fourth-order valence-corrected chi connectivity index (χ4v) is 3.48. The molecule has 0 saturated heterocycles. The number of carbonyl (C=O) groups excluding carboxylic acids is 2. The van der Waals surface area contributed by atoms with Crippen molar-refractivity contribution >= 4 is 28.3 Å². The molecule has 1 atom stereocenters. The summed E-state index contributed by atoms with van der Waals surface area (Å²) in [5.74, 6) is -0.338. The number of methoxy groups -OCH3 is 2. The summed E-state index contributed by atoms with van der Waals surface area (Å²) in [6.45, 7) is 3.93. The Bertz CT molecular complexity index is 1240. The van der Waals surface area contributed by atoms with Crippen LogP contribution in [0.2, 0.25) is 0 Å². The Kier molecular flexibility index (Phi) is 8.24. The first kappa shape index (κ1) is 24.8. The second kappa shape index (κ2) is 11.3. The van der Waals surface area contributed by atoms with Crippen molar-refractivity contribution in [1.29, 1.82) is 0 Å². The zero-order chi connectivity index (χ0) is 24.7. The summed E-state index contributed by atoms with van der Waals surface area (Å²) >= 11 is 0. The number of nitrogens with zero attached hydrogens (tertiary/aromatic N) is 2. The largest absolute Gasteiger partial charge is 0.493 e. The van der Waals surface area contributed by atoms with E-state index in [2.05, 4.69) is 17.3 Å². The van der Waals surface area contributed by atoms with Crippen molar-refractivity contribution in [2.75, 3.05) is 19.5 Å². The van der Waals surface area contributed by atoms with E-state index in [1.807, 2.05) is 0 Å². The fourth-order valence-electron chi connectivity index (χ4n) is 3.48. The van der Waals surface area contributed by atoms with Crippen LogP contribution in [0.3, 0.4) is 0 Å². The lowest BCUT2D eigenvalue weighted by atomic mass is 10.1. The van der Waals surface area contributed by atoms with Crippen molar-refractivity contribution in [2.24, 2.45) is 0 Å². The Balaban J connectivity index is 1.80. The van der Waals surface area contributed by atoms with Crippen LogP contribution < -0.4 is 20.3 Å². The lowest BCUT2D eigenvalue weighted by molar-refractivity contribution is -0.123. The first-order valence-electron chi connectivity index (χ1n) is 11.1. The van der Waals surface area contributed by atoms with Crippen LogP contribution in [0.1, 0.15) is 43.6 Å². The second-order valence-corrected chi connectivity index (χ2v) is 7.74. The Morgan fingerprint density at radius 3 is 2.41 bits per heavy atom. The van der Waals surface area contributed by atoms with Gasteiger partial charge in [0.25, 0.3) is 11.5 Å². The molecule has 1 aromatic heterocycles. The van der Waals surface area contributed by atoms with Gasteiger partial charge in [-0.2, -0.15) is 5.10 Å². The summed E-state index contributed by atoms with van der Waals surface area (Å²) in [6, 6.07) is 11.7. The number of carbonyl (C=O) groups is 2. The predicted octanol–water partition coefficient (Wildman–Crippen LogP) is 3.79. The number of aromatic nitrogens is 2. The summed E-state index contributed by atoms with van der Waals surface area (Å²) in [6.07, 6.45) is 1.58. The normalized spacial score (nSPS) is 11.6. The zero-order valence-corrected chi connectivity index (χ0v) is 19.8. The highest BCUT2D eigenvalue weighted by molar-refractivity contribution is 6.03. The van der Waals surface area contributed by atoms with Crippen LogP contribution >= 0.6 is 0 Å². The molecule has 0 aliphatic heterocycles. The van der Waals surface area contributed by atoms with Crippen molar-refractivity contribution in [3.63, 3.8) is 0 Å². The van der Waals surface area contributed by atoms with Gasteiger partial charge in [0.2, 0.25) is 0 Å². The van der Waals surface area contributed by atoms with Gasteiger partial charge >= 0.3 is 5.97 Å². The van der Waals surface area contributed by atoms with Gasteiger partial charge in [0.1, 0.15) is 0 Å². The number of hydrogen-bond donors (Lipinski definition) is 1. The third-order valence-corrected chi connectivity index (χ3v) is 5.34. The minimum atomic E-state index is -1.11. The predicted molar refractivity (Wildman–Crippen MR) is 129 cm³/mol.